The van der Waals surface area contributed by atoms with Crippen molar-refractivity contribution in [3.05, 3.63) is 23.4 Å². The normalized spacial score (nSPS) is 10.3. The van der Waals surface area contributed by atoms with E-state index in [0.717, 1.165) is 0 Å². The van der Waals surface area contributed by atoms with Gasteiger partial charge in [-0.05, 0) is 0 Å². The Labute approximate surface area is 112 Å². The molecule has 0 saturated carbocycles. The van der Waals surface area contributed by atoms with E-state index in [4.69, 9.17) is 0 Å². The molecule has 2 amide bonds. The molecule has 0 aliphatic carbocycles. The molecule has 2 aromatic heterocycles. The largest absolute Gasteiger partial charge is 0.347 e. The van der Waals surface area contributed by atoms with Crippen molar-refractivity contribution in [2.24, 2.45) is 0 Å². The van der Waals surface area contributed by atoms with E-state index in [2.05, 4.69) is 40.0 Å². The van der Waals surface area contributed by atoms with Crippen LogP contribution in [0.25, 0.3) is 0 Å². The molecular formula is C10H12N6O4. The summed E-state index contributed by atoms with van der Waals surface area (Å²) in [6, 6.07) is 0. The summed E-state index contributed by atoms with van der Waals surface area (Å²) < 4.78 is 9.34. The van der Waals surface area contributed by atoms with Crippen molar-refractivity contribution in [3.8, 4) is 0 Å². The first-order chi connectivity index (χ1) is 9.56. The lowest BCUT2D eigenvalue weighted by molar-refractivity contribution is 0.0914. The minimum absolute atomic E-state index is 0.0531. The molecule has 106 valence electrons. The molecule has 2 N–H and O–H groups in total. The number of nitrogens with zero attached hydrogens (tertiary/aromatic N) is 4. The summed E-state index contributed by atoms with van der Waals surface area (Å²) in [5.41, 5.74) is 0. The van der Waals surface area contributed by atoms with E-state index < -0.39 is 11.8 Å². The molecule has 2 heterocycles. The van der Waals surface area contributed by atoms with E-state index in [1.807, 2.05) is 0 Å². The third-order valence-corrected chi connectivity index (χ3v) is 2.16. The van der Waals surface area contributed by atoms with E-state index >= 15 is 0 Å². The van der Waals surface area contributed by atoms with Crippen molar-refractivity contribution in [2.75, 3.05) is 13.1 Å². The maximum Gasteiger partial charge on any atom is 0.292 e. The molecule has 2 rings (SSSR count). The summed E-state index contributed by atoms with van der Waals surface area (Å²) >= 11 is 0. The zero-order chi connectivity index (χ0) is 14.5. The van der Waals surface area contributed by atoms with Gasteiger partial charge in [-0.15, -0.1) is 0 Å². The predicted octanol–water partition coefficient (Wildman–Crippen LogP) is -0.771. The second-order valence-corrected chi connectivity index (χ2v) is 3.79. The monoisotopic (exact) mass is 280 g/mol. The summed E-state index contributed by atoms with van der Waals surface area (Å²) in [5.74, 6) is -0.463. The van der Waals surface area contributed by atoms with Crippen molar-refractivity contribution < 1.29 is 18.6 Å². The van der Waals surface area contributed by atoms with Crippen LogP contribution in [-0.4, -0.2) is 45.2 Å². The molecule has 10 nitrogen and oxygen atoms in total. The molecule has 20 heavy (non-hydrogen) atoms. The number of amides is 2. The smallest absolute Gasteiger partial charge is 0.292 e. The number of aryl methyl sites for hydroxylation is 2. The Balaban J connectivity index is 1.71. The first kappa shape index (κ1) is 13.6. The zero-order valence-corrected chi connectivity index (χ0v) is 10.8. The van der Waals surface area contributed by atoms with Crippen LogP contribution in [0.2, 0.25) is 0 Å². The maximum absolute atomic E-state index is 11.5. The number of hydrogen-bond acceptors (Lipinski definition) is 8. The molecule has 0 radical (unpaired) electrons. The molecule has 0 aliphatic heterocycles. The maximum atomic E-state index is 11.5. The first-order valence-electron chi connectivity index (χ1n) is 5.73. The molecule has 10 heteroatoms. The second-order valence-electron chi connectivity index (χ2n) is 3.79. The molecule has 0 unspecified atom stereocenters. The molecule has 0 atom stereocenters. The number of rotatable bonds is 5. The Morgan fingerprint density at radius 3 is 1.60 bits per heavy atom. The molecule has 0 fully saturated rings. The number of carbonyl (C=O) groups excluding carboxylic acids is 2. The average molecular weight is 280 g/mol. The highest BCUT2D eigenvalue weighted by atomic mass is 16.5. The van der Waals surface area contributed by atoms with Crippen molar-refractivity contribution in [1.29, 1.82) is 0 Å². The van der Waals surface area contributed by atoms with Crippen molar-refractivity contribution >= 4 is 11.8 Å². The van der Waals surface area contributed by atoms with E-state index in [-0.39, 0.29) is 24.7 Å². The topological polar surface area (TPSA) is 136 Å². The van der Waals surface area contributed by atoms with Gasteiger partial charge >= 0.3 is 0 Å². The summed E-state index contributed by atoms with van der Waals surface area (Å²) in [7, 11) is 0. The minimum atomic E-state index is -0.480. The van der Waals surface area contributed by atoms with Gasteiger partial charge in [-0.1, -0.05) is 10.3 Å². The summed E-state index contributed by atoms with van der Waals surface area (Å²) in [5, 5.41) is 12.0. The highest BCUT2D eigenvalue weighted by molar-refractivity contribution is 5.91. The van der Waals surface area contributed by atoms with E-state index in [9.17, 15) is 9.59 Å². The Bertz CT molecular complexity index is 565. The minimum Gasteiger partial charge on any atom is -0.347 e. The predicted molar refractivity (Wildman–Crippen MR) is 62.7 cm³/mol. The highest BCUT2D eigenvalue weighted by Crippen LogP contribution is 1.95. The van der Waals surface area contributed by atoms with Crippen LogP contribution in [0.5, 0.6) is 0 Å². The van der Waals surface area contributed by atoms with Gasteiger partial charge in [0.05, 0.1) is 0 Å². The number of nitrogens with one attached hydrogen (secondary N) is 2. The fourth-order valence-electron chi connectivity index (χ4n) is 1.29. The fraction of sp³-hybridized carbons (Fsp3) is 0.400. The van der Waals surface area contributed by atoms with E-state index in [1.54, 1.807) is 13.8 Å². The van der Waals surface area contributed by atoms with Gasteiger partial charge in [-0.25, -0.2) is 0 Å². The average Bonchev–Trinajstić information content (AvgIpc) is 3.03. The van der Waals surface area contributed by atoms with Crippen LogP contribution in [0.3, 0.4) is 0 Å². The lowest BCUT2D eigenvalue weighted by Crippen LogP contribution is -2.35. The quantitative estimate of drug-likeness (QED) is 0.681. The van der Waals surface area contributed by atoms with Gasteiger partial charge in [0.25, 0.3) is 23.5 Å². The third kappa shape index (κ3) is 3.37. The molecule has 0 saturated heterocycles. The summed E-state index contributed by atoms with van der Waals surface area (Å²) in [6.45, 7) is 3.57. The molecule has 2 aromatic rings. The molecule has 0 aromatic carbocycles. The highest BCUT2D eigenvalue weighted by Gasteiger charge is 2.14. The van der Waals surface area contributed by atoms with Crippen molar-refractivity contribution in [2.45, 2.75) is 13.8 Å². The first-order valence-corrected chi connectivity index (χ1v) is 5.73. The van der Waals surface area contributed by atoms with Gasteiger partial charge in [0.1, 0.15) is 0 Å². The molecule has 0 aliphatic rings. The van der Waals surface area contributed by atoms with Gasteiger partial charge in [0, 0.05) is 26.9 Å². The van der Waals surface area contributed by atoms with Crippen molar-refractivity contribution in [3.63, 3.8) is 0 Å². The SMILES string of the molecule is Cc1nc(C(=O)NCCNC(=O)c2noc(C)n2)no1. The Morgan fingerprint density at radius 2 is 1.30 bits per heavy atom. The van der Waals surface area contributed by atoms with Crippen LogP contribution in [-0.2, 0) is 0 Å². The van der Waals surface area contributed by atoms with Crippen LogP contribution < -0.4 is 10.6 Å². The van der Waals surface area contributed by atoms with Crippen molar-refractivity contribution in [1.82, 2.24) is 30.9 Å². The van der Waals surface area contributed by atoms with Crippen LogP contribution in [0, 0.1) is 13.8 Å². The Hall–Kier alpha value is -2.78. The Morgan fingerprint density at radius 1 is 0.900 bits per heavy atom. The van der Waals surface area contributed by atoms with Crippen LogP contribution >= 0.6 is 0 Å². The van der Waals surface area contributed by atoms with Crippen LogP contribution in [0.15, 0.2) is 9.05 Å². The van der Waals surface area contributed by atoms with Crippen LogP contribution in [0.1, 0.15) is 33.0 Å². The number of hydrogen-bond donors (Lipinski definition) is 2. The summed E-state index contributed by atoms with van der Waals surface area (Å²) in [6.07, 6.45) is 0. The molecule has 0 bridgehead atoms. The molecular weight excluding hydrogens is 268 g/mol. The fourth-order valence-corrected chi connectivity index (χ4v) is 1.29. The van der Waals surface area contributed by atoms with Gasteiger partial charge in [0.2, 0.25) is 11.8 Å². The second kappa shape index (κ2) is 5.91. The zero-order valence-electron chi connectivity index (χ0n) is 10.8. The summed E-state index contributed by atoms with van der Waals surface area (Å²) in [4.78, 5) is 30.6. The lowest BCUT2D eigenvalue weighted by atomic mass is 10.5. The van der Waals surface area contributed by atoms with Gasteiger partial charge in [-0.2, -0.15) is 9.97 Å². The van der Waals surface area contributed by atoms with Crippen LogP contribution in [0.4, 0.5) is 0 Å². The van der Waals surface area contributed by atoms with Gasteiger partial charge in [0.15, 0.2) is 0 Å². The Kier molecular flexibility index (Phi) is 4.03. The third-order valence-electron chi connectivity index (χ3n) is 2.16. The number of aromatic nitrogens is 4. The van der Waals surface area contributed by atoms with E-state index in [0.29, 0.717) is 11.8 Å². The molecule has 0 spiro atoms. The standard InChI is InChI=1S/C10H12N6O4/c1-5-13-7(15-19-5)9(17)11-3-4-12-10(18)8-14-6(2)20-16-8/h3-4H2,1-2H3,(H,11,17)(H,12,18). The number of carbonyl (C=O) groups is 2. The van der Waals surface area contributed by atoms with Gasteiger partial charge < -0.3 is 19.7 Å². The lowest BCUT2D eigenvalue weighted by Gasteiger charge is -2.03. The van der Waals surface area contributed by atoms with Gasteiger partial charge in [-0.3, -0.25) is 9.59 Å². The van der Waals surface area contributed by atoms with E-state index in [1.165, 1.54) is 0 Å².